The SMILES string of the molecule is Cc1cc(C)c(C(C)NCC2CCOC2)c(C)n1. The third-order valence-electron chi connectivity index (χ3n) is 3.75. The van der Waals surface area contributed by atoms with Gasteiger partial charge >= 0.3 is 0 Å². The number of rotatable bonds is 4. The highest BCUT2D eigenvalue weighted by Gasteiger charge is 2.18. The van der Waals surface area contributed by atoms with E-state index in [1.165, 1.54) is 17.5 Å². The summed E-state index contributed by atoms with van der Waals surface area (Å²) in [7, 11) is 0. The van der Waals surface area contributed by atoms with Crippen LogP contribution in [0.3, 0.4) is 0 Å². The van der Waals surface area contributed by atoms with Crippen molar-refractivity contribution in [1.82, 2.24) is 10.3 Å². The van der Waals surface area contributed by atoms with Gasteiger partial charge in [-0.1, -0.05) is 0 Å². The van der Waals surface area contributed by atoms with Crippen LogP contribution in [0.15, 0.2) is 6.07 Å². The summed E-state index contributed by atoms with van der Waals surface area (Å²) >= 11 is 0. The van der Waals surface area contributed by atoms with Crippen molar-refractivity contribution >= 4 is 0 Å². The van der Waals surface area contributed by atoms with Gasteiger partial charge in [0.15, 0.2) is 0 Å². The molecule has 1 aliphatic heterocycles. The second kappa shape index (κ2) is 5.81. The molecule has 0 spiro atoms. The second-order valence-electron chi connectivity index (χ2n) is 5.44. The largest absolute Gasteiger partial charge is 0.381 e. The van der Waals surface area contributed by atoms with Gasteiger partial charge in [0.1, 0.15) is 0 Å². The lowest BCUT2D eigenvalue weighted by molar-refractivity contribution is 0.184. The Kier molecular flexibility index (Phi) is 4.36. The predicted octanol–water partition coefficient (Wildman–Crippen LogP) is 2.69. The zero-order chi connectivity index (χ0) is 13.1. The van der Waals surface area contributed by atoms with Crippen molar-refractivity contribution in [1.29, 1.82) is 0 Å². The Bertz CT molecular complexity index is 388. The maximum atomic E-state index is 5.41. The Morgan fingerprint density at radius 1 is 1.44 bits per heavy atom. The first-order valence-corrected chi connectivity index (χ1v) is 6.83. The van der Waals surface area contributed by atoms with E-state index in [0.29, 0.717) is 12.0 Å². The van der Waals surface area contributed by atoms with Crippen molar-refractivity contribution in [3.05, 3.63) is 28.6 Å². The molecule has 0 aliphatic carbocycles. The van der Waals surface area contributed by atoms with E-state index in [1.807, 2.05) is 0 Å². The highest BCUT2D eigenvalue weighted by atomic mass is 16.5. The third kappa shape index (κ3) is 3.09. The normalized spacial score (nSPS) is 21.2. The van der Waals surface area contributed by atoms with E-state index in [9.17, 15) is 0 Å². The molecule has 100 valence electrons. The summed E-state index contributed by atoms with van der Waals surface area (Å²) in [5, 5.41) is 3.62. The van der Waals surface area contributed by atoms with Crippen LogP contribution in [0.4, 0.5) is 0 Å². The fourth-order valence-electron chi connectivity index (χ4n) is 2.88. The zero-order valence-electron chi connectivity index (χ0n) is 11.9. The summed E-state index contributed by atoms with van der Waals surface area (Å²) in [6.07, 6.45) is 1.18. The van der Waals surface area contributed by atoms with E-state index in [-0.39, 0.29) is 0 Å². The van der Waals surface area contributed by atoms with Crippen LogP contribution in [0.1, 0.15) is 41.9 Å². The lowest BCUT2D eigenvalue weighted by atomic mass is 9.99. The van der Waals surface area contributed by atoms with Gasteiger partial charge in [-0.25, -0.2) is 0 Å². The summed E-state index contributed by atoms with van der Waals surface area (Å²) < 4.78 is 5.41. The average molecular weight is 248 g/mol. The number of pyridine rings is 1. The standard InChI is InChI=1S/C15H24N2O/c1-10-7-11(2)17-13(4)15(10)12(3)16-8-14-5-6-18-9-14/h7,12,14,16H,5-6,8-9H2,1-4H3. The monoisotopic (exact) mass is 248 g/mol. The minimum Gasteiger partial charge on any atom is -0.381 e. The predicted molar refractivity (Wildman–Crippen MR) is 73.8 cm³/mol. The number of aryl methyl sites for hydroxylation is 3. The van der Waals surface area contributed by atoms with Gasteiger partial charge in [-0.15, -0.1) is 0 Å². The van der Waals surface area contributed by atoms with E-state index in [4.69, 9.17) is 4.74 Å². The van der Waals surface area contributed by atoms with E-state index >= 15 is 0 Å². The minimum absolute atomic E-state index is 0.360. The molecule has 2 unspecified atom stereocenters. The van der Waals surface area contributed by atoms with Crippen molar-refractivity contribution in [3.8, 4) is 0 Å². The fourth-order valence-corrected chi connectivity index (χ4v) is 2.88. The van der Waals surface area contributed by atoms with Gasteiger partial charge in [-0.2, -0.15) is 0 Å². The topological polar surface area (TPSA) is 34.1 Å². The van der Waals surface area contributed by atoms with Crippen LogP contribution in [0, 0.1) is 26.7 Å². The molecule has 3 nitrogen and oxygen atoms in total. The van der Waals surface area contributed by atoms with E-state index < -0.39 is 0 Å². The number of hydrogen-bond acceptors (Lipinski definition) is 3. The molecule has 2 atom stereocenters. The number of aromatic nitrogens is 1. The van der Waals surface area contributed by atoms with Crippen LogP contribution in [0.2, 0.25) is 0 Å². The second-order valence-corrected chi connectivity index (χ2v) is 5.44. The number of nitrogens with one attached hydrogen (secondary N) is 1. The van der Waals surface area contributed by atoms with Crippen LogP contribution in [0.25, 0.3) is 0 Å². The van der Waals surface area contributed by atoms with Crippen molar-refractivity contribution < 1.29 is 4.74 Å². The molecule has 3 heteroatoms. The Balaban J connectivity index is 2.01. The van der Waals surface area contributed by atoms with Crippen LogP contribution >= 0.6 is 0 Å². The Morgan fingerprint density at radius 3 is 2.83 bits per heavy atom. The van der Waals surface area contributed by atoms with E-state index in [0.717, 1.165) is 31.1 Å². The van der Waals surface area contributed by atoms with Crippen molar-refractivity contribution in [3.63, 3.8) is 0 Å². The number of nitrogens with zero attached hydrogens (tertiary/aromatic N) is 1. The molecular weight excluding hydrogens is 224 g/mol. The molecule has 1 N–H and O–H groups in total. The lowest BCUT2D eigenvalue weighted by Crippen LogP contribution is -2.27. The van der Waals surface area contributed by atoms with Gasteiger partial charge in [0, 0.05) is 30.6 Å². The summed E-state index contributed by atoms with van der Waals surface area (Å²) in [6.45, 7) is 11.4. The first-order valence-electron chi connectivity index (χ1n) is 6.83. The molecule has 0 saturated carbocycles. The molecule has 1 aliphatic rings. The van der Waals surface area contributed by atoms with Crippen molar-refractivity contribution in [2.24, 2.45) is 5.92 Å². The van der Waals surface area contributed by atoms with Gasteiger partial charge in [0.25, 0.3) is 0 Å². The van der Waals surface area contributed by atoms with Gasteiger partial charge in [0.2, 0.25) is 0 Å². The average Bonchev–Trinajstić information content (AvgIpc) is 2.77. The van der Waals surface area contributed by atoms with Crippen LogP contribution in [-0.4, -0.2) is 24.7 Å². The van der Waals surface area contributed by atoms with Crippen molar-refractivity contribution in [2.45, 2.75) is 40.2 Å². The Labute approximate surface area is 110 Å². The molecule has 0 bridgehead atoms. The molecule has 1 aromatic heterocycles. The van der Waals surface area contributed by atoms with Crippen molar-refractivity contribution in [2.75, 3.05) is 19.8 Å². The van der Waals surface area contributed by atoms with Crippen LogP contribution in [-0.2, 0) is 4.74 Å². The number of hydrogen-bond donors (Lipinski definition) is 1. The van der Waals surface area contributed by atoms with Gasteiger partial charge in [0.05, 0.1) is 6.61 Å². The smallest absolute Gasteiger partial charge is 0.0507 e. The van der Waals surface area contributed by atoms with Gasteiger partial charge in [-0.3, -0.25) is 4.98 Å². The molecule has 1 saturated heterocycles. The fraction of sp³-hybridized carbons (Fsp3) is 0.667. The first kappa shape index (κ1) is 13.5. The van der Waals surface area contributed by atoms with E-state index in [1.54, 1.807) is 0 Å². The lowest BCUT2D eigenvalue weighted by Gasteiger charge is -2.20. The molecule has 18 heavy (non-hydrogen) atoms. The quantitative estimate of drug-likeness (QED) is 0.889. The molecule has 0 aromatic carbocycles. The van der Waals surface area contributed by atoms with E-state index in [2.05, 4.69) is 44.1 Å². The highest BCUT2D eigenvalue weighted by Crippen LogP contribution is 2.22. The molecule has 1 aromatic rings. The summed E-state index contributed by atoms with van der Waals surface area (Å²) in [4.78, 5) is 4.57. The molecule has 0 amide bonds. The van der Waals surface area contributed by atoms with Crippen LogP contribution < -0.4 is 5.32 Å². The highest BCUT2D eigenvalue weighted by molar-refractivity contribution is 5.33. The molecule has 1 fully saturated rings. The summed E-state index contributed by atoms with van der Waals surface area (Å²) in [6, 6.07) is 2.53. The Hall–Kier alpha value is -0.930. The third-order valence-corrected chi connectivity index (χ3v) is 3.75. The maximum Gasteiger partial charge on any atom is 0.0507 e. The van der Waals surface area contributed by atoms with Crippen LogP contribution in [0.5, 0.6) is 0 Å². The summed E-state index contributed by atoms with van der Waals surface area (Å²) in [5.74, 6) is 0.673. The Morgan fingerprint density at radius 2 is 2.22 bits per heavy atom. The molecule has 0 radical (unpaired) electrons. The van der Waals surface area contributed by atoms with Gasteiger partial charge in [-0.05, 0) is 57.2 Å². The molecule has 2 heterocycles. The summed E-state index contributed by atoms with van der Waals surface area (Å²) in [5.41, 5.74) is 4.93. The molecular formula is C15H24N2O. The first-order chi connectivity index (χ1) is 8.58. The van der Waals surface area contributed by atoms with Gasteiger partial charge < -0.3 is 10.1 Å². The minimum atomic E-state index is 0.360. The zero-order valence-corrected chi connectivity index (χ0v) is 11.9. The number of ether oxygens (including phenoxy) is 1. The maximum absolute atomic E-state index is 5.41. The molecule has 2 rings (SSSR count).